The van der Waals surface area contributed by atoms with Crippen molar-refractivity contribution in [2.45, 2.75) is 0 Å². The molecule has 3 rings (SSSR count). The molecular weight excluding hydrogens is 311 g/mol. The predicted octanol–water partition coefficient (Wildman–Crippen LogP) is 3.26. The number of halogens is 1. The van der Waals surface area contributed by atoms with E-state index < -0.39 is 6.86 Å². The van der Waals surface area contributed by atoms with Gasteiger partial charge in [0.05, 0.1) is 11.9 Å². The first-order valence-electron chi connectivity index (χ1n) is 7.37. The van der Waals surface area contributed by atoms with Gasteiger partial charge in [0, 0.05) is 18.3 Å². The van der Waals surface area contributed by atoms with Crippen molar-refractivity contribution >= 4 is 5.69 Å². The van der Waals surface area contributed by atoms with Crippen molar-refractivity contribution in [3.05, 3.63) is 54.7 Å². The highest BCUT2D eigenvalue weighted by Gasteiger charge is 2.06. The molecule has 0 fully saturated rings. The minimum absolute atomic E-state index is 0.119. The van der Waals surface area contributed by atoms with Gasteiger partial charge >= 0.3 is 0 Å². The van der Waals surface area contributed by atoms with Crippen LogP contribution < -0.4 is 10.1 Å². The maximum atomic E-state index is 11.8. The second-order valence-corrected chi connectivity index (χ2v) is 4.95. The molecule has 0 aliphatic rings. The lowest BCUT2D eigenvalue weighted by atomic mass is 10.1. The van der Waals surface area contributed by atoms with Gasteiger partial charge in [-0.2, -0.15) is 0 Å². The zero-order chi connectivity index (χ0) is 16.8. The van der Waals surface area contributed by atoms with Gasteiger partial charge in [-0.1, -0.05) is 17.3 Å². The first-order chi connectivity index (χ1) is 11.8. The second kappa shape index (κ2) is 7.56. The largest absolute Gasteiger partial charge is 0.467 e. The first kappa shape index (κ1) is 15.9. The van der Waals surface area contributed by atoms with Gasteiger partial charge in [-0.3, -0.25) is 0 Å². The highest BCUT2D eigenvalue weighted by molar-refractivity contribution is 5.62. The Balaban J connectivity index is 1.72. The summed E-state index contributed by atoms with van der Waals surface area (Å²) < 4.78 is 23.2. The number of anilines is 1. The van der Waals surface area contributed by atoms with Gasteiger partial charge in [-0.15, -0.1) is 5.10 Å². The Labute approximate surface area is 138 Å². The molecule has 2 aromatic carbocycles. The summed E-state index contributed by atoms with van der Waals surface area (Å²) in [6.07, 6.45) is 1.86. The third kappa shape index (κ3) is 3.69. The monoisotopic (exact) mass is 328 g/mol. The third-order valence-electron chi connectivity index (χ3n) is 3.45. The van der Waals surface area contributed by atoms with Crippen LogP contribution in [-0.2, 0) is 4.74 Å². The molecule has 0 saturated carbocycles. The fourth-order valence-corrected chi connectivity index (χ4v) is 2.17. The van der Waals surface area contributed by atoms with Crippen LogP contribution in [0.5, 0.6) is 5.75 Å². The molecule has 0 atom stereocenters. The molecule has 7 heteroatoms. The summed E-state index contributed by atoms with van der Waals surface area (Å²) in [5.41, 5.74) is 3.66. The summed E-state index contributed by atoms with van der Waals surface area (Å²) in [5, 5.41) is 11.4. The summed E-state index contributed by atoms with van der Waals surface area (Å²) in [4.78, 5) is 0. The van der Waals surface area contributed by atoms with E-state index >= 15 is 0 Å². The molecule has 124 valence electrons. The van der Waals surface area contributed by atoms with Crippen LogP contribution in [-0.4, -0.2) is 35.7 Å². The van der Waals surface area contributed by atoms with Crippen LogP contribution in [0, 0.1) is 0 Å². The van der Waals surface area contributed by atoms with E-state index in [2.05, 4.69) is 20.4 Å². The Hall–Kier alpha value is -2.93. The number of hydrogen-bond donors (Lipinski definition) is 1. The summed E-state index contributed by atoms with van der Waals surface area (Å²) in [5.74, 6) is 0.593. The highest BCUT2D eigenvalue weighted by Crippen LogP contribution is 2.21. The average molecular weight is 328 g/mol. The van der Waals surface area contributed by atoms with Crippen molar-refractivity contribution in [3.63, 3.8) is 0 Å². The molecule has 0 aliphatic heterocycles. The zero-order valence-electron chi connectivity index (χ0n) is 13.1. The lowest BCUT2D eigenvalue weighted by molar-refractivity contribution is -0.0284. The van der Waals surface area contributed by atoms with Gasteiger partial charge in [0.2, 0.25) is 0 Å². The summed E-state index contributed by atoms with van der Waals surface area (Å²) in [6.45, 7) is -0.985. The Morgan fingerprint density at radius 3 is 2.50 bits per heavy atom. The van der Waals surface area contributed by atoms with Crippen molar-refractivity contribution in [2.75, 3.05) is 26.0 Å². The molecule has 6 nitrogen and oxygen atoms in total. The van der Waals surface area contributed by atoms with Gasteiger partial charge in [0.25, 0.3) is 0 Å². The van der Waals surface area contributed by atoms with Gasteiger partial charge < -0.3 is 14.8 Å². The van der Waals surface area contributed by atoms with E-state index in [0.717, 1.165) is 22.6 Å². The molecule has 1 heterocycles. The van der Waals surface area contributed by atoms with Crippen molar-refractivity contribution < 1.29 is 13.9 Å². The first-order valence-corrected chi connectivity index (χ1v) is 7.37. The summed E-state index contributed by atoms with van der Waals surface area (Å²) in [6, 6.07) is 15.2. The summed E-state index contributed by atoms with van der Waals surface area (Å²) in [7, 11) is 1.88. The number of hydrogen-bond acceptors (Lipinski definition) is 5. The van der Waals surface area contributed by atoms with Crippen LogP contribution in [0.15, 0.2) is 54.7 Å². The van der Waals surface area contributed by atoms with E-state index in [1.54, 1.807) is 16.8 Å². The van der Waals surface area contributed by atoms with E-state index in [4.69, 9.17) is 4.74 Å². The number of nitrogens with zero attached hydrogens (tertiary/aromatic N) is 3. The number of ether oxygens (including phenoxy) is 2. The molecule has 0 saturated heterocycles. The smallest absolute Gasteiger partial charge is 0.192 e. The van der Waals surface area contributed by atoms with E-state index in [-0.39, 0.29) is 6.79 Å². The third-order valence-corrected chi connectivity index (χ3v) is 3.45. The molecule has 0 bridgehead atoms. The number of nitrogens with one attached hydrogen (secondary N) is 1. The van der Waals surface area contributed by atoms with E-state index in [0.29, 0.717) is 5.75 Å². The van der Waals surface area contributed by atoms with Crippen molar-refractivity contribution in [1.82, 2.24) is 15.0 Å². The van der Waals surface area contributed by atoms with Crippen LogP contribution in [0.1, 0.15) is 0 Å². The molecular formula is C17H17FN4O2. The van der Waals surface area contributed by atoms with Crippen molar-refractivity contribution in [1.29, 1.82) is 0 Å². The number of alkyl halides is 1. The fourth-order valence-electron chi connectivity index (χ4n) is 2.17. The van der Waals surface area contributed by atoms with E-state index in [1.807, 2.05) is 49.6 Å². The predicted molar refractivity (Wildman–Crippen MR) is 88.9 cm³/mol. The Morgan fingerprint density at radius 1 is 1.08 bits per heavy atom. The minimum Gasteiger partial charge on any atom is -0.467 e. The maximum Gasteiger partial charge on any atom is 0.192 e. The standard InChI is InChI=1S/C17H17FN4O2/c1-19-14-4-2-13(3-5-14)17-10-22(21-20-17)15-6-8-16(9-7-15)24-12-23-11-18/h2-10,19H,11-12H2,1H3. The van der Waals surface area contributed by atoms with E-state index in [1.165, 1.54) is 0 Å². The number of rotatable bonds is 7. The van der Waals surface area contributed by atoms with Crippen LogP contribution in [0.4, 0.5) is 10.1 Å². The lowest BCUT2D eigenvalue weighted by Crippen LogP contribution is -2.01. The van der Waals surface area contributed by atoms with Crippen LogP contribution >= 0.6 is 0 Å². The molecule has 1 N–H and O–H groups in total. The normalized spacial score (nSPS) is 10.6. The summed E-state index contributed by atoms with van der Waals surface area (Å²) >= 11 is 0. The molecule has 0 amide bonds. The van der Waals surface area contributed by atoms with Crippen molar-refractivity contribution in [2.24, 2.45) is 0 Å². The van der Waals surface area contributed by atoms with Gasteiger partial charge in [-0.05, 0) is 36.4 Å². The quantitative estimate of drug-likeness (QED) is 0.533. The lowest BCUT2D eigenvalue weighted by Gasteiger charge is -2.06. The Bertz CT molecular complexity index is 772. The maximum absolute atomic E-state index is 11.8. The average Bonchev–Trinajstić information content (AvgIpc) is 3.13. The van der Waals surface area contributed by atoms with Crippen LogP contribution in [0.3, 0.4) is 0 Å². The molecule has 0 unspecified atom stereocenters. The van der Waals surface area contributed by atoms with Crippen LogP contribution in [0.2, 0.25) is 0 Å². The van der Waals surface area contributed by atoms with E-state index in [9.17, 15) is 4.39 Å². The van der Waals surface area contributed by atoms with Crippen LogP contribution in [0.25, 0.3) is 16.9 Å². The number of aromatic nitrogens is 3. The van der Waals surface area contributed by atoms with Gasteiger partial charge in [-0.25, -0.2) is 9.07 Å². The highest BCUT2D eigenvalue weighted by atomic mass is 19.1. The zero-order valence-corrected chi connectivity index (χ0v) is 13.1. The molecule has 0 aliphatic carbocycles. The number of benzene rings is 2. The molecule has 24 heavy (non-hydrogen) atoms. The molecule has 0 spiro atoms. The molecule has 3 aromatic rings. The minimum atomic E-state index is -0.866. The topological polar surface area (TPSA) is 61.2 Å². The second-order valence-electron chi connectivity index (χ2n) is 4.95. The molecule has 1 aromatic heterocycles. The molecule has 0 radical (unpaired) electrons. The van der Waals surface area contributed by atoms with Crippen molar-refractivity contribution in [3.8, 4) is 22.7 Å². The fraction of sp³-hybridized carbons (Fsp3) is 0.176. The Kier molecular flexibility index (Phi) is 5.02. The van der Waals surface area contributed by atoms with Gasteiger partial charge in [0.1, 0.15) is 11.4 Å². The van der Waals surface area contributed by atoms with Gasteiger partial charge in [0.15, 0.2) is 13.7 Å². The Morgan fingerprint density at radius 2 is 1.83 bits per heavy atom. The SMILES string of the molecule is CNc1ccc(-c2cn(-c3ccc(OCOCF)cc3)nn2)cc1.